The van der Waals surface area contributed by atoms with E-state index in [1.54, 1.807) is 6.20 Å². The molecule has 0 fully saturated rings. The van der Waals surface area contributed by atoms with Crippen molar-refractivity contribution in [1.82, 2.24) is 10.3 Å². The number of rotatable bonds is 4. The Morgan fingerprint density at radius 2 is 2.21 bits per heavy atom. The number of para-hydroxylation sites is 1. The molecule has 0 saturated heterocycles. The van der Waals surface area contributed by atoms with E-state index in [4.69, 9.17) is 15.9 Å². The summed E-state index contributed by atoms with van der Waals surface area (Å²) in [5.41, 5.74) is 6.74. The molecular weight excluding hydrogens is 244 g/mol. The molecule has 98 valence electrons. The van der Waals surface area contributed by atoms with E-state index in [1.165, 1.54) is 0 Å². The summed E-state index contributed by atoms with van der Waals surface area (Å²) in [7, 11) is 0. The number of benzene rings is 1. The lowest BCUT2D eigenvalue weighted by molar-refractivity contribution is -0.143. The van der Waals surface area contributed by atoms with Crippen LogP contribution >= 0.6 is 0 Å². The Labute approximate surface area is 110 Å². The number of fused-ring (bicyclic) bond motifs is 1. The van der Waals surface area contributed by atoms with Crippen LogP contribution in [0.25, 0.3) is 10.9 Å². The summed E-state index contributed by atoms with van der Waals surface area (Å²) >= 11 is 0. The minimum absolute atomic E-state index is 0.102. The first-order valence-electron chi connectivity index (χ1n) is 5.72. The van der Waals surface area contributed by atoms with Gasteiger partial charge >= 0.3 is 5.97 Å². The van der Waals surface area contributed by atoms with Gasteiger partial charge in [-0.05, 0) is 17.7 Å². The fourth-order valence-corrected chi connectivity index (χ4v) is 1.63. The molecular formula is C13H14N4O2. The van der Waals surface area contributed by atoms with Crippen LogP contribution < -0.4 is 11.1 Å². The SMILES string of the molecule is N=C(N)NCOC(=O)Cc1cnc2ccccc2c1. The summed E-state index contributed by atoms with van der Waals surface area (Å²) in [4.78, 5) is 15.8. The summed E-state index contributed by atoms with van der Waals surface area (Å²) in [6, 6.07) is 9.59. The van der Waals surface area contributed by atoms with Gasteiger partial charge in [-0.1, -0.05) is 18.2 Å². The molecule has 0 amide bonds. The van der Waals surface area contributed by atoms with Gasteiger partial charge in [0, 0.05) is 11.6 Å². The lowest BCUT2D eigenvalue weighted by atomic mass is 10.1. The quantitative estimate of drug-likeness (QED) is 0.325. The topological polar surface area (TPSA) is 101 Å². The molecule has 0 bridgehead atoms. The van der Waals surface area contributed by atoms with Crippen molar-refractivity contribution < 1.29 is 9.53 Å². The van der Waals surface area contributed by atoms with Crippen LogP contribution in [-0.4, -0.2) is 23.6 Å². The first-order valence-corrected chi connectivity index (χ1v) is 5.72. The van der Waals surface area contributed by atoms with Gasteiger partial charge in [0.1, 0.15) is 0 Å². The van der Waals surface area contributed by atoms with Crippen LogP contribution in [0.2, 0.25) is 0 Å². The van der Waals surface area contributed by atoms with Gasteiger partial charge in [-0.3, -0.25) is 15.2 Å². The second kappa shape index (κ2) is 5.81. The number of guanidine groups is 1. The maximum atomic E-state index is 11.5. The standard InChI is InChI=1S/C13H14N4O2/c14-13(15)17-8-19-12(18)6-9-5-10-3-1-2-4-11(10)16-7-9/h1-5,7H,6,8H2,(H4,14,15,17). The first kappa shape index (κ1) is 12.8. The number of ether oxygens (including phenoxy) is 1. The Bertz CT molecular complexity index is 612. The van der Waals surface area contributed by atoms with Gasteiger partial charge in [-0.2, -0.15) is 0 Å². The predicted octanol–water partition coefficient (Wildman–Crippen LogP) is 0.761. The van der Waals surface area contributed by atoms with E-state index in [2.05, 4.69) is 10.3 Å². The summed E-state index contributed by atoms with van der Waals surface area (Å²) in [6.07, 6.45) is 1.79. The maximum absolute atomic E-state index is 11.5. The summed E-state index contributed by atoms with van der Waals surface area (Å²) in [5.74, 6) is -0.633. The zero-order valence-electron chi connectivity index (χ0n) is 10.2. The Kier molecular flexibility index (Phi) is 3.92. The number of nitrogens with zero attached hydrogens (tertiary/aromatic N) is 1. The highest BCUT2D eigenvalue weighted by molar-refractivity contribution is 5.81. The largest absolute Gasteiger partial charge is 0.444 e. The average molecular weight is 258 g/mol. The molecule has 0 spiro atoms. The zero-order chi connectivity index (χ0) is 13.7. The number of hydrogen-bond acceptors (Lipinski definition) is 4. The van der Waals surface area contributed by atoms with Gasteiger partial charge in [-0.25, -0.2) is 0 Å². The van der Waals surface area contributed by atoms with Crippen molar-refractivity contribution in [3.63, 3.8) is 0 Å². The summed E-state index contributed by atoms with van der Waals surface area (Å²) < 4.78 is 4.87. The number of pyridine rings is 1. The van der Waals surface area contributed by atoms with Crippen molar-refractivity contribution in [2.45, 2.75) is 6.42 Å². The van der Waals surface area contributed by atoms with Gasteiger partial charge in [0.2, 0.25) is 0 Å². The number of nitrogens with two attached hydrogens (primary N) is 1. The molecule has 0 atom stereocenters. The Morgan fingerprint density at radius 3 is 3.00 bits per heavy atom. The Balaban J connectivity index is 1.97. The number of nitrogens with one attached hydrogen (secondary N) is 2. The van der Waals surface area contributed by atoms with Crippen molar-refractivity contribution in [2.75, 3.05) is 6.73 Å². The van der Waals surface area contributed by atoms with Gasteiger partial charge in [0.05, 0.1) is 11.9 Å². The maximum Gasteiger partial charge on any atom is 0.312 e. The van der Waals surface area contributed by atoms with E-state index >= 15 is 0 Å². The number of aromatic nitrogens is 1. The molecule has 0 saturated carbocycles. The fraction of sp³-hybridized carbons (Fsp3) is 0.154. The highest BCUT2D eigenvalue weighted by Crippen LogP contribution is 2.13. The molecule has 2 aromatic rings. The van der Waals surface area contributed by atoms with Gasteiger partial charge in [-0.15, -0.1) is 0 Å². The molecule has 1 heterocycles. The fourth-order valence-electron chi connectivity index (χ4n) is 1.63. The molecule has 6 nitrogen and oxygen atoms in total. The molecule has 0 aliphatic carbocycles. The monoisotopic (exact) mass is 258 g/mol. The third-order valence-corrected chi connectivity index (χ3v) is 2.49. The first-order chi connectivity index (χ1) is 9.15. The molecule has 1 aromatic carbocycles. The third-order valence-electron chi connectivity index (χ3n) is 2.49. The number of hydrogen-bond donors (Lipinski definition) is 3. The van der Waals surface area contributed by atoms with Crippen molar-refractivity contribution in [3.05, 3.63) is 42.1 Å². The third kappa shape index (κ3) is 3.67. The van der Waals surface area contributed by atoms with Crippen LogP contribution in [-0.2, 0) is 16.0 Å². The predicted molar refractivity (Wildman–Crippen MR) is 71.5 cm³/mol. The van der Waals surface area contributed by atoms with Crippen LogP contribution in [0.15, 0.2) is 36.5 Å². The number of carbonyl (C=O) groups is 1. The molecule has 1 aromatic heterocycles. The second-order valence-electron chi connectivity index (χ2n) is 3.96. The Hall–Kier alpha value is -2.63. The lowest BCUT2D eigenvalue weighted by Gasteiger charge is -2.06. The highest BCUT2D eigenvalue weighted by atomic mass is 16.5. The van der Waals surface area contributed by atoms with E-state index < -0.39 is 5.97 Å². The minimum Gasteiger partial charge on any atom is -0.444 e. The lowest BCUT2D eigenvalue weighted by Crippen LogP contribution is -2.33. The molecule has 19 heavy (non-hydrogen) atoms. The Morgan fingerprint density at radius 1 is 1.42 bits per heavy atom. The van der Waals surface area contributed by atoms with E-state index in [9.17, 15) is 4.79 Å². The van der Waals surface area contributed by atoms with Crippen LogP contribution in [0.4, 0.5) is 0 Å². The highest BCUT2D eigenvalue weighted by Gasteiger charge is 2.06. The minimum atomic E-state index is -0.397. The van der Waals surface area contributed by atoms with Crippen LogP contribution in [0.3, 0.4) is 0 Å². The molecule has 0 aliphatic heterocycles. The normalized spacial score (nSPS) is 10.1. The average Bonchev–Trinajstić information content (AvgIpc) is 2.38. The van der Waals surface area contributed by atoms with Gasteiger partial charge < -0.3 is 15.8 Å². The van der Waals surface area contributed by atoms with Crippen molar-refractivity contribution in [2.24, 2.45) is 5.73 Å². The molecule has 4 N–H and O–H groups in total. The van der Waals surface area contributed by atoms with Gasteiger partial charge in [0.25, 0.3) is 0 Å². The van der Waals surface area contributed by atoms with Crippen molar-refractivity contribution in [3.8, 4) is 0 Å². The zero-order valence-corrected chi connectivity index (χ0v) is 10.2. The van der Waals surface area contributed by atoms with Crippen LogP contribution in [0, 0.1) is 5.41 Å². The van der Waals surface area contributed by atoms with Gasteiger partial charge in [0.15, 0.2) is 12.7 Å². The molecule has 6 heteroatoms. The molecule has 2 rings (SSSR count). The van der Waals surface area contributed by atoms with E-state index in [1.807, 2.05) is 30.3 Å². The van der Waals surface area contributed by atoms with E-state index in [0.29, 0.717) is 0 Å². The van der Waals surface area contributed by atoms with Crippen molar-refractivity contribution >= 4 is 22.8 Å². The van der Waals surface area contributed by atoms with E-state index in [-0.39, 0.29) is 19.1 Å². The molecule has 0 unspecified atom stereocenters. The van der Waals surface area contributed by atoms with E-state index in [0.717, 1.165) is 16.5 Å². The smallest absolute Gasteiger partial charge is 0.312 e. The van der Waals surface area contributed by atoms with Crippen LogP contribution in [0.1, 0.15) is 5.56 Å². The van der Waals surface area contributed by atoms with Crippen LogP contribution in [0.5, 0.6) is 0 Å². The van der Waals surface area contributed by atoms with Crippen molar-refractivity contribution in [1.29, 1.82) is 5.41 Å². The number of esters is 1. The summed E-state index contributed by atoms with van der Waals surface area (Å²) in [5, 5.41) is 10.3. The number of carbonyl (C=O) groups excluding carboxylic acids is 1. The molecule has 0 radical (unpaired) electrons. The molecule has 0 aliphatic rings. The summed E-state index contributed by atoms with van der Waals surface area (Å²) in [6.45, 7) is -0.102. The second-order valence-corrected chi connectivity index (χ2v) is 3.96.